The number of allylic oxidation sites excluding steroid dienone is 1. The van der Waals surface area contributed by atoms with E-state index in [4.69, 9.17) is 9.47 Å². The highest BCUT2D eigenvalue weighted by Crippen LogP contribution is 2.45. The summed E-state index contributed by atoms with van der Waals surface area (Å²) >= 11 is 1.40. The van der Waals surface area contributed by atoms with Crippen molar-refractivity contribution in [3.63, 3.8) is 0 Å². The number of para-hydroxylation sites is 1. The molecule has 0 radical (unpaired) electrons. The number of nitrogens with one attached hydrogen (secondary N) is 1. The molecule has 0 saturated carbocycles. The van der Waals surface area contributed by atoms with Crippen molar-refractivity contribution in [2.75, 3.05) is 6.61 Å². The summed E-state index contributed by atoms with van der Waals surface area (Å²) in [7, 11) is 0. The van der Waals surface area contributed by atoms with Gasteiger partial charge in [0.05, 0.1) is 30.3 Å². The summed E-state index contributed by atoms with van der Waals surface area (Å²) < 4.78 is 24.7. The van der Waals surface area contributed by atoms with E-state index < -0.39 is 12.0 Å². The van der Waals surface area contributed by atoms with Gasteiger partial charge in [0, 0.05) is 12.2 Å². The number of carbonyl (C=O) groups is 2. The number of hydrogen-bond acceptors (Lipinski definition) is 7. The van der Waals surface area contributed by atoms with Crippen LogP contribution in [0.3, 0.4) is 0 Å². The minimum atomic E-state index is -0.572. The monoisotopic (exact) mass is 557 g/mol. The average Bonchev–Trinajstić information content (AvgIpc) is 3.34. The number of ether oxygens (including phenoxy) is 2. The van der Waals surface area contributed by atoms with Crippen molar-refractivity contribution < 1.29 is 23.5 Å². The number of benzene rings is 3. The van der Waals surface area contributed by atoms with E-state index in [0.717, 1.165) is 11.1 Å². The van der Waals surface area contributed by atoms with E-state index >= 15 is 0 Å². The minimum Gasteiger partial charge on any atom is -0.463 e. The Hall–Kier alpha value is -4.37. The van der Waals surface area contributed by atoms with Gasteiger partial charge in [0.1, 0.15) is 17.3 Å². The SMILES string of the molecule is CCOC(=O)C1=C(C)N=C2SC=C(CC(=O)NCc3ccc(F)cc3)N2[C@@H]1c1cccc(Oc2ccccc2)c1. The first kappa shape index (κ1) is 27.2. The smallest absolute Gasteiger partial charge is 0.338 e. The van der Waals surface area contributed by atoms with Gasteiger partial charge in [-0.15, -0.1) is 0 Å². The van der Waals surface area contributed by atoms with Crippen LogP contribution in [0.15, 0.2) is 106 Å². The fraction of sp³-hybridized carbons (Fsp3) is 0.194. The van der Waals surface area contributed by atoms with Crippen LogP contribution >= 0.6 is 11.8 Å². The van der Waals surface area contributed by atoms with E-state index in [0.29, 0.717) is 33.6 Å². The molecule has 5 rings (SSSR count). The van der Waals surface area contributed by atoms with Crippen LogP contribution in [-0.2, 0) is 20.9 Å². The van der Waals surface area contributed by atoms with Crippen LogP contribution in [-0.4, -0.2) is 28.6 Å². The first-order valence-electron chi connectivity index (χ1n) is 12.9. The van der Waals surface area contributed by atoms with E-state index in [1.54, 1.807) is 26.0 Å². The number of carbonyl (C=O) groups excluding carboxylic acids is 2. The van der Waals surface area contributed by atoms with E-state index in [2.05, 4.69) is 10.3 Å². The lowest BCUT2D eigenvalue weighted by molar-refractivity contribution is -0.139. The number of amides is 1. The summed E-state index contributed by atoms with van der Waals surface area (Å²) in [4.78, 5) is 32.8. The van der Waals surface area contributed by atoms with E-state index in [1.165, 1.54) is 23.9 Å². The summed E-state index contributed by atoms with van der Waals surface area (Å²) in [5.41, 5.74) is 3.26. The second-order valence-corrected chi connectivity index (χ2v) is 10.0. The van der Waals surface area contributed by atoms with Crippen LogP contribution in [0.25, 0.3) is 0 Å². The van der Waals surface area contributed by atoms with Crippen LogP contribution in [0.5, 0.6) is 11.5 Å². The zero-order valence-corrected chi connectivity index (χ0v) is 22.9. The van der Waals surface area contributed by atoms with Gasteiger partial charge < -0.3 is 19.7 Å². The molecule has 0 bridgehead atoms. The Bertz CT molecular complexity index is 1500. The second-order valence-electron chi connectivity index (χ2n) is 9.18. The number of nitrogens with zero attached hydrogens (tertiary/aromatic N) is 2. The maximum atomic E-state index is 13.2. The number of rotatable bonds is 9. The fourth-order valence-electron chi connectivity index (χ4n) is 4.56. The van der Waals surface area contributed by atoms with Gasteiger partial charge in [-0.25, -0.2) is 14.2 Å². The molecule has 0 spiro atoms. The molecule has 0 saturated heterocycles. The van der Waals surface area contributed by atoms with Crippen LogP contribution in [0, 0.1) is 5.82 Å². The molecule has 0 unspecified atom stereocenters. The van der Waals surface area contributed by atoms with Crippen LogP contribution in [0.1, 0.15) is 37.4 Å². The van der Waals surface area contributed by atoms with Crippen LogP contribution in [0.4, 0.5) is 4.39 Å². The lowest BCUT2D eigenvalue weighted by Gasteiger charge is -2.36. The van der Waals surface area contributed by atoms with E-state index in [-0.39, 0.29) is 31.3 Å². The number of amidine groups is 1. The molecule has 7 nitrogen and oxygen atoms in total. The van der Waals surface area contributed by atoms with Gasteiger partial charge in [-0.2, -0.15) is 0 Å². The molecule has 3 aromatic rings. The Kier molecular flexibility index (Phi) is 8.31. The first-order valence-corrected chi connectivity index (χ1v) is 13.8. The van der Waals surface area contributed by atoms with E-state index in [1.807, 2.05) is 64.9 Å². The molecule has 0 fully saturated rings. The van der Waals surface area contributed by atoms with Gasteiger partial charge in [-0.1, -0.05) is 54.2 Å². The largest absolute Gasteiger partial charge is 0.463 e. The van der Waals surface area contributed by atoms with Gasteiger partial charge in [0.15, 0.2) is 5.17 Å². The second kappa shape index (κ2) is 12.2. The van der Waals surface area contributed by atoms with Crippen LogP contribution < -0.4 is 10.1 Å². The molecule has 0 aliphatic carbocycles. The average molecular weight is 558 g/mol. The van der Waals surface area contributed by atoms with Gasteiger partial charge in [0.25, 0.3) is 0 Å². The summed E-state index contributed by atoms with van der Waals surface area (Å²) in [6.45, 7) is 4.05. The highest BCUT2D eigenvalue weighted by Gasteiger charge is 2.41. The van der Waals surface area contributed by atoms with Crippen molar-refractivity contribution in [2.24, 2.45) is 4.99 Å². The minimum absolute atomic E-state index is 0.0685. The zero-order valence-electron chi connectivity index (χ0n) is 22.1. The molecule has 204 valence electrons. The molecule has 2 aliphatic rings. The molecule has 0 aromatic heterocycles. The molecular formula is C31H28FN3O4S. The normalized spacial score (nSPS) is 16.2. The lowest BCUT2D eigenvalue weighted by Crippen LogP contribution is -2.38. The maximum Gasteiger partial charge on any atom is 0.338 e. The molecule has 2 heterocycles. The molecule has 1 N–H and O–H groups in total. The Morgan fingerprint density at radius 3 is 2.52 bits per heavy atom. The molecule has 1 atom stereocenters. The van der Waals surface area contributed by atoms with Gasteiger partial charge in [0.2, 0.25) is 5.91 Å². The van der Waals surface area contributed by atoms with Gasteiger partial charge >= 0.3 is 5.97 Å². The third kappa shape index (κ3) is 6.10. The molecule has 1 amide bonds. The number of aliphatic imine (C=N–C) groups is 1. The van der Waals surface area contributed by atoms with Crippen molar-refractivity contribution in [1.29, 1.82) is 0 Å². The van der Waals surface area contributed by atoms with Gasteiger partial charge in [-0.05, 0) is 66.8 Å². The Morgan fingerprint density at radius 2 is 1.77 bits per heavy atom. The maximum absolute atomic E-state index is 13.2. The number of esters is 1. The Labute approximate surface area is 236 Å². The van der Waals surface area contributed by atoms with Crippen molar-refractivity contribution >= 4 is 28.8 Å². The van der Waals surface area contributed by atoms with Gasteiger partial charge in [-0.3, -0.25) is 4.79 Å². The first-order chi connectivity index (χ1) is 19.4. The zero-order chi connectivity index (χ0) is 28.1. The predicted molar refractivity (Wildman–Crippen MR) is 153 cm³/mol. The molecule has 40 heavy (non-hydrogen) atoms. The third-order valence-corrected chi connectivity index (χ3v) is 7.28. The summed E-state index contributed by atoms with van der Waals surface area (Å²) in [6.07, 6.45) is 0.0685. The summed E-state index contributed by atoms with van der Waals surface area (Å²) in [6, 6.07) is 22.4. The highest BCUT2D eigenvalue weighted by atomic mass is 32.2. The number of hydrogen-bond donors (Lipinski definition) is 1. The summed E-state index contributed by atoms with van der Waals surface area (Å²) in [5.74, 6) is 0.312. The fourth-order valence-corrected chi connectivity index (χ4v) is 5.52. The quantitative estimate of drug-likeness (QED) is 0.304. The Balaban J connectivity index is 1.43. The molecule has 9 heteroatoms. The highest BCUT2D eigenvalue weighted by molar-refractivity contribution is 8.16. The predicted octanol–water partition coefficient (Wildman–Crippen LogP) is 6.46. The summed E-state index contributed by atoms with van der Waals surface area (Å²) in [5, 5.41) is 5.45. The molecular weight excluding hydrogens is 529 g/mol. The van der Waals surface area contributed by atoms with E-state index in [9.17, 15) is 14.0 Å². The number of fused-ring (bicyclic) bond motifs is 1. The van der Waals surface area contributed by atoms with Crippen LogP contribution in [0.2, 0.25) is 0 Å². The third-order valence-electron chi connectivity index (χ3n) is 6.39. The standard InChI is InChI=1S/C31H28FN3O4S/c1-3-38-30(37)28-20(2)34-31-35(24(19-40-31)17-27(36)33-18-21-12-14-23(32)15-13-21)29(28)22-8-7-11-26(16-22)39-25-9-5-4-6-10-25/h4-16,19,29H,3,17-18H2,1-2H3,(H,33,36)/t29-/m1/s1. The number of halogens is 1. The van der Waals surface area contributed by atoms with Crippen molar-refractivity contribution in [3.8, 4) is 11.5 Å². The lowest BCUT2D eigenvalue weighted by atomic mass is 9.93. The molecule has 2 aliphatic heterocycles. The Morgan fingerprint density at radius 1 is 1.02 bits per heavy atom. The number of thioether (sulfide) groups is 1. The van der Waals surface area contributed by atoms with Crippen molar-refractivity contribution in [3.05, 3.63) is 118 Å². The van der Waals surface area contributed by atoms with Crippen molar-refractivity contribution in [2.45, 2.75) is 32.9 Å². The topological polar surface area (TPSA) is 80.2 Å². The molecule has 3 aromatic carbocycles. The van der Waals surface area contributed by atoms with Crippen molar-refractivity contribution in [1.82, 2.24) is 10.2 Å².